The molecule has 0 aliphatic heterocycles. The average Bonchev–Trinajstić information content (AvgIpc) is 2.98. The van der Waals surface area contributed by atoms with Gasteiger partial charge in [-0.25, -0.2) is 4.98 Å². The first kappa shape index (κ1) is 14.1. The van der Waals surface area contributed by atoms with E-state index in [0.717, 1.165) is 41.1 Å². The van der Waals surface area contributed by atoms with Crippen molar-refractivity contribution in [3.05, 3.63) is 41.5 Å². The van der Waals surface area contributed by atoms with Gasteiger partial charge in [-0.05, 0) is 31.0 Å². The lowest BCUT2D eigenvalue weighted by molar-refractivity contribution is 0.746. The maximum atomic E-state index is 5.96. The number of imidazole rings is 1. The molecule has 2 aromatic heterocycles. The monoisotopic (exact) mass is 302 g/mol. The van der Waals surface area contributed by atoms with Crippen LogP contribution in [0.2, 0.25) is 0 Å². The first-order valence-electron chi connectivity index (χ1n) is 7.21. The second-order valence-electron chi connectivity index (χ2n) is 5.28. The zero-order valence-electron chi connectivity index (χ0n) is 12.6. The average molecular weight is 303 g/mol. The number of benzene rings is 1. The zero-order chi connectivity index (χ0) is 15.0. The van der Waals surface area contributed by atoms with Crippen molar-refractivity contribution in [2.24, 2.45) is 7.05 Å². The molecule has 0 aliphatic rings. The summed E-state index contributed by atoms with van der Waals surface area (Å²) in [7, 11) is 1.95. The molecule has 0 N–H and O–H groups in total. The van der Waals surface area contributed by atoms with Gasteiger partial charge in [-0.2, -0.15) is 5.10 Å². The quantitative estimate of drug-likeness (QED) is 0.692. The van der Waals surface area contributed by atoms with E-state index in [1.54, 1.807) is 0 Å². The number of alkyl halides is 1. The van der Waals surface area contributed by atoms with Gasteiger partial charge in [0.05, 0.1) is 22.4 Å². The van der Waals surface area contributed by atoms with Crippen molar-refractivity contribution in [1.82, 2.24) is 19.3 Å². The smallest absolute Gasteiger partial charge is 0.115 e. The lowest BCUT2D eigenvalue weighted by Gasteiger charge is -2.08. The molecule has 5 heteroatoms. The third kappa shape index (κ3) is 2.44. The van der Waals surface area contributed by atoms with Crippen LogP contribution in [-0.2, 0) is 19.9 Å². The van der Waals surface area contributed by atoms with Crippen molar-refractivity contribution in [2.75, 3.05) is 5.88 Å². The normalized spacial score (nSPS) is 11.4. The van der Waals surface area contributed by atoms with Gasteiger partial charge in [-0.1, -0.05) is 13.0 Å². The number of halogens is 1. The molecule has 0 radical (unpaired) electrons. The van der Waals surface area contributed by atoms with Crippen LogP contribution in [0.5, 0.6) is 0 Å². The first-order chi connectivity index (χ1) is 10.1. The van der Waals surface area contributed by atoms with E-state index < -0.39 is 0 Å². The predicted molar refractivity (Wildman–Crippen MR) is 86.4 cm³/mol. The number of hydrogen-bond donors (Lipinski definition) is 0. The molecule has 110 valence electrons. The maximum absolute atomic E-state index is 5.96. The van der Waals surface area contributed by atoms with Crippen LogP contribution in [-0.4, -0.2) is 25.2 Å². The Labute approximate surface area is 129 Å². The highest BCUT2D eigenvalue weighted by Crippen LogP contribution is 2.25. The summed E-state index contributed by atoms with van der Waals surface area (Å²) in [6, 6.07) is 6.33. The minimum atomic E-state index is 0.560. The fourth-order valence-electron chi connectivity index (χ4n) is 2.72. The number of rotatable bonds is 4. The molecule has 1 aromatic carbocycles. The molecule has 0 amide bonds. The van der Waals surface area contributed by atoms with Gasteiger partial charge in [0, 0.05) is 25.5 Å². The molecule has 0 bridgehead atoms. The van der Waals surface area contributed by atoms with Gasteiger partial charge in [0.15, 0.2) is 0 Å². The summed E-state index contributed by atoms with van der Waals surface area (Å²) in [5.41, 5.74) is 5.54. The van der Waals surface area contributed by atoms with Crippen LogP contribution in [0.15, 0.2) is 24.4 Å². The van der Waals surface area contributed by atoms with Crippen LogP contribution in [0, 0.1) is 6.92 Å². The van der Waals surface area contributed by atoms with Crippen LogP contribution in [0.1, 0.15) is 24.0 Å². The maximum Gasteiger partial charge on any atom is 0.115 e. The van der Waals surface area contributed by atoms with E-state index in [9.17, 15) is 0 Å². The van der Waals surface area contributed by atoms with Gasteiger partial charge in [0.2, 0.25) is 0 Å². The largest absolute Gasteiger partial charge is 0.293 e. The summed E-state index contributed by atoms with van der Waals surface area (Å²) in [6.45, 7) is 4.22. The Kier molecular flexibility index (Phi) is 3.72. The highest BCUT2D eigenvalue weighted by Gasteiger charge is 2.16. The van der Waals surface area contributed by atoms with E-state index in [4.69, 9.17) is 16.6 Å². The van der Waals surface area contributed by atoms with E-state index >= 15 is 0 Å². The van der Waals surface area contributed by atoms with Crippen LogP contribution in [0.25, 0.3) is 16.7 Å². The Hall–Kier alpha value is -1.81. The molecule has 2 heterocycles. The van der Waals surface area contributed by atoms with Gasteiger partial charge in [-0.15, -0.1) is 11.6 Å². The lowest BCUT2D eigenvalue weighted by atomic mass is 10.2. The molecule has 21 heavy (non-hydrogen) atoms. The van der Waals surface area contributed by atoms with Gasteiger partial charge in [-0.3, -0.25) is 9.25 Å². The minimum absolute atomic E-state index is 0.560. The van der Waals surface area contributed by atoms with Crippen molar-refractivity contribution >= 4 is 22.6 Å². The zero-order valence-corrected chi connectivity index (χ0v) is 13.4. The van der Waals surface area contributed by atoms with Crippen molar-refractivity contribution in [2.45, 2.75) is 26.7 Å². The van der Waals surface area contributed by atoms with E-state index in [1.807, 2.05) is 11.7 Å². The van der Waals surface area contributed by atoms with Gasteiger partial charge >= 0.3 is 0 Å². The number of aryl methyl sites for hydroxylation is 4. The third-order valence-electron chi connectivity index (χ3n) is 3.66. The molecule has 0 saturated heterocycles. The molecule has 3 rings (SSSR count). The number of fused-ring (bicyclic) bond motifs is 1. The van der Waals surface area contributed by atoms with Crippen LogP contribution < -0.4 is 0 Å². The van der Waals surface area contributed by atoms with E-state index in [2.05, 4.69) is 47.9 Å². The van der Waals surface area contributed by atoms with Gasteiger partial charge in [0.1, 0.15) is 5.82 Å². The Morgan fingerprint density at radius 3 is 2.81 bits per heavy atom. The molecule has 0 atom stereocenters. The van der Waals surface area contributed by atoms with E-state index in [-0.39, 0.29) is 0 Å². The fraction of sp³-hybridized carbons (Fsp3) is 0.375. The highest BCUT2D eigenvalue weighted by atomic mass is 35.5. The van der Waals surface area contributed by atoms with Gasteiger partial charge in [0.25, 0.3) is 0 Å². The summed E-state index contributed by atoms with van der Waals surface area (Å²) in [5.74, 6) is 1.55. The number of hydrogen-bond acceptors (Lipinski definition) is 2. The Morgan fingerprint density at radius 1 is 1.29 bits per heavy atom. The molecule has 0 fully saturated rings. The minimum Gasteiger partial charge on any atom is -0.293 e. The Bertz CT molecular complexity index is 785. The number of nitrogens with zero attached hydrogens (tertiary/aromatic N) is 4. The van der Waals surface area contributed by atoms with E-state index in [0.29, 0.717) is 5.88 Å². The Balaban J connectivity index is 2.32. The van der Waals surface area contributed by atoms with Crippen molar-refractivity contribution < 1.29 is 0 Å². The van der Waals surface area contributed by atoms with Crippen molar-refractivity contribution in [1.29, 1.82) is 0 Å². The van der Waals surface area contributed by atoms with Crippen LogP contribution in [0.4, 0.5) is 0 Å². The van der Waals surface area contributed by atoms with Crippen LogP contribution in [0.3, 0.4) is 0 Å². The highest BCUT2D eigenvalue weighted by molar-refractivity contribution is 6.17. The third-order valence-corrected chi connectivity index (χ3v) is 3.85. The van der Waals surface area contributed by atoms with Crippen molar-refractivity contribution in [3.8, 4) is 5.69 Å². The molecule has 0 aliphatic carbocycles. The lowest BCUT2D eigenvalue weighted by Crippen LogP contribution is -2.03. The van der Waals surface area contributed by atoms with Gasteiger partial charge < -0.3 is 0 Å². The molecule has 0 unspecified atom stereocenters. The molecule has 4 nitrogen and oxygen atoms in total. The fourth-order valence-corrected chi connectivity index (χ4v) is 2.89. The SMILES string of the molecule is CCc1nn(C)cc1-n1c(CCCl)nc2ccc(C)cc21. The predicted octanol–water partition coefficient (Wildman–Crippen LogP) is 3.41. The topological polar surface area (TPSA) is 35.6 Å². The second-order valence-corrected chi connectivity index (χ2v) is 5.66. The molecular weight excluding hydrogens is 284 g/mol. The molecular formula is C16H19ClN4. The van der Waals surface area contributed by atoms with E-state index in [1.165, 1.54) is 5.56 Å². The summed E-state index contributed by atoms with van der Waals surface area (Å²) in [4.78, 5) is 4.75. The standard InChI is InChI=1S/C16H19ClN4/c1-4-12-15(10-20(3)19-12)21-14-9-11(2)5-6-13(14)18-16(21)7-8-17/h5-6,9-10H,4,7-8H2,1-3H3. The molecule has 0 spiro atoms. The van der Waals surface area contributed by atoms with Crippen molar-refractivity contribution in [3.63, 3.8) is 0 Å². The number of aromatic nitrogens is 4. The Morgan fingerprint density at radius 2 is 2.10 bits per heavy atom. The summed E-state index contributed by atoms with van der Waals surface area (Å²) >= 11 is 5.96. The second kappa shape index (κ2) is 5.53. The summed E-state index contributed by atoms with van der Waals surface area (Å²) in [5, 5.41) is 4.55. The molecule has 3 aromatic rings. The first-order valence-corrected chi connectivity index (χ1v) is 7.74. The summed E-state index contributed by atoms with van der Waals surface area (Å²) < 4.78 is 4.07. The molecule has 0 saturated carbocycles. The summed E-state index contributed by atoms with van der Waals surface area (Å²) in [6.07, 6.45) is 3.69. The van der Waals surface area contributed by atoms with Crippen LogP contribution >= 0.6 is 11.6 Å².